The minimum atomic E-state index is 0.185. The van der Waals surface area contributed by atoms with Gasteiger partial charge in [-0.1, -0.05) is 44.2 Å². The quantitative estimate of drug-likeness (QED) is 0.311. The van der Waals surface area contributed by atoms with Gasteiger partial charge in [0.25, 0.3) is 0 Å². The largest absolute Gasteiger partial charge is 0.619 e. The number of hydroxylamine groups is 1. The zero-order valence-corrected chi connectivity index (χ0v) is 8.60. The van der Waals surface area contributed by atoms with Gasteiger partial charge in [-0.2, -0.15) is 4.74 Å². The van der Waals surface area contributed by atoms with Crippen LogP contribution in [-0.4, -0.2) is 11.5 Å². The Balaban J connectivity index is 3.00. The van der Waals surface area contributed by atoms with Gasteiger partial charge < -0.3 is 5.21 Å². The smallest absolute Gasteiger partial charge is 0.195 e. The van der Waals surface area contributed by atoms with Gasteiger partial charge in [-0.25, -0.2) is 0 Å². The molecule has 0 saturated carbocycles. The maximum Gasteiger partial charge on any atom is 0.195 e. The lowest BCUT2D eigenvalue weighted by molar-refractivity contribution is -0.398. The van der Waals surface area contributed by atoms with E-state index in [9.17, 15) is 5.21 Å². The Labute approximate surface area is 84.8 Å². The Morgan fingerprint density at radius 1 is 1.36 bits per heavy atom. The fourth-order valence-corrected chi connectivity index (χ4v) is 1.25. The zero-order chi connectivity index (χ0) is 10.6. The minimum absolute atomic E-state index is 0.185. The molecule has 2 nitrogen and oxygen atoms in total. The monoisotopic (exact) mass is 189 g/mol. The molecule has 0 unspecified atom stereocenters. The molecule has 0 bridgehead atoms. The van der Waals surface area contributed by atoms with E-state index in [0.29, 0.717) is 10.4 Å². The van der Waals surface area contributed by atoms with Gasteiger partial charge >= 0.3 is 0 Å². The highest BCUT2D eigenvalue weighted by atomic mass is 16.5. The van der Waals surface area contributed by atoms with E-state index in [1.807, 2.05) is 50.3 Å². The summed E-state index contributed by atoms with van der Waals surface area (Å²) in [6.07, 6.45) is 1.87. The number of rotatable bonds is 3. The molecule has 0 amide bonds. The van der Waals surface area contributed by atoms with Crippen LogP contribution in [0.4, 0.5) is 0 Å². The molecule has 0 aliphatic heterocycles. The van der Waals surface area contributed by atoms with Crippen LogP contribution in [0.3, 0.4) is 0 Å². The first kappa shape index (κ1) is 10.5. The minimum Gasteiger partial charge on any atom is -0.619 e. The van der Waals surface area contributed by atoms with Crippen molar-refractivity contribution in [3.63, 3.8) is 0 Å². The predicted octanol–water partition coefficient (Wildman–Crippen LogP) is 2.89. The molecule has 0 aliphatic carbocycles. The van der Waals surface area contributed by atoms with Crippen LogP contribution in [0.15, 0.2) is 36.0 Å². The van der Waals surface area contributed by atoms with E-state index in [2.05, 4.69) is 6.72 Å². The third-order valence-corrected chi connectivity index (χ3v) is 1.99. The van der Waals surface area contributed by atoms with E-state index in [1.165, 1.54) is 0 Å². The van der Waals surface area contributed by atoms with E-state index < -0.39 is 0 Å². The number of allylic oxidation sites excluding steroid dienone is 1. The normalized spacial score (nSPS) is 11.8. The van der Waals surface area contributed by atoms with Gasteiger partial charge in [0.15, 0.2) is 5.70 Å². The van der Waals surface area contributed by atoms with Gasteiger partial charge in [-0.3, -0.25) is 0 Å². The van der Waals surface area contributed by atoms with Crippen LogP contribution in [-0.2, 0) is 0 Å². The van der Waals surface area contributed by atoms with Crippen LogP contribution in [0.2, 0.25) is 0 Å². The van der Waals surface area contributed by atoms with Crippen molar-refractivity contribution in [1.82, 2.24) is 0 Å². The first-order chi connectivity index (χ1) is 6.61. The lowest BCUT2D eigenvalue weighted by Crippen LogP contribution is -2.06. The van der Waals surface area contributed by atoms with E-state index >= 15 is 0 Å². The van der Waals surface area contributed by atoms with Gasteiger partial charge in [0, 0.05) is 12.0 Å². The molecule has 0 fully saturated rings. The summed E-state index contributed by atoms with van der Waals surface area (Å²) in [6, 6.07) is 9.77. The lowest BCUT2D eigenvalue weighted by Gasteiger charge is -2.08. The van der Waals surface area contributed by atoms with Crippen LogP contribution >= 0.6 is 0 Å². The standard InChI is InChI=1S/C12H15NO/c1-10(2)12(13(3)14)9-11-7-5-4-6-8-11/h4-10H,3H2,1-2H3. The summed E-state index contributed by atoms with van der Waals surface area (Å²) >= 11 is 0. The predicted molar refractivity (Wildman–Crippen MR) is 60.0 cm³/mol. The summed E-state index contributed by atoms with van der Waals surface area (Å²) in [5.74, 6) is 0.185. The second kappa shape index (κ2) is 4.61. The average molecular weight is 189 g/mol. The second-order valence-electron chi connectivity index (χ2n) is 3.51. The van der Waals surface area contributed by atoms with Gasteiger partial charge in [0.05, 0.1) is 0 Å². The molecule has 0 heterocycles. The molecule has 0 spiro atoms. The Morgan fingerprint density at radius 3 is 2.36 bits per heavy atom. The topological polar surface area (TPSA) is 26.1 Å². The van der Waals surface area contributed by atoms with Crippen molar-refractivity contribution in [1.29, 1.82) is 0 Å². The fraction of sp³-hybridized carbons (Fsp3) is 0.250. The van der Waals surface area contributed by atoms with Crippen molar-refractivity contribution in [2.24, 2.45) is 5.92 Å². The molecule has 1 aromatic rings. The molecular formula is C12H15NO. The molecule has 0 aromatic heterocycles. The van der Waals surface area contributed by atoms with E-state index in [4.69, 9.17) is 0 Å². The molecular weight excluding hydrogens is 174 g/mol. The molecule has 14 heavy (non-hydrogen) atoms. The van der Waals surface area contributed by atoms with Crippen LogP contribution in [0.25, 0.3) is 6.08 Å². The number of hydrogen-bond donors (Lipinski definition) is 0. The maximum atomic E-state index is 11.1. The highest BCUT2D eigenvalue weighted by Crippen LogP contribution is 2.14. The molecule has 1 rings (SSSR count). The highest BCUT2D eigenvalue weighted by molar-refractivity contribution is 5.51. The van der Waals surface area contributed by atoms with E-state index in [0.717, 1.165) is 5.56 Å². The SMILES string of the molecule is C=[N+]([O-])C(=Cc1ccccc1)C(C)C. The number of hydrogen-bond acceptors (Lipinski definition) is 1. The molecule has 74 valence electrons. The highest BCUT2D eigenvalue weighted by Gasteiger charge is 2.09. The van der Waals surface area contributed by atoms with Gasteiger partial charge in [0.1, 0.15) is 6.72 Å². The van der Waals surface area contributed by atoms with Gasteiger partial charge in [-0.05, 0) is 5.56 Å². The first-order valence-corrected chi connectivity index (χ1v) is 4.65. The Bertz CT molecular complexity index is 339. The summed E-state index contributed by atoms with van der Waals surface area (Å²) in [4.78, 5) is 0. The summed E-state index contributed by atoms with van der Waals surface area (Å²) in [5.41, 5.74) is 1.72. The number of nitrogens with zero attached hydrogens (tertiary/aromatic N) is 1. The molecule has 0 aliphatic rings. The Kier molecular flexibility index (Phi) is 3.46. The zero-order valence-electron chi connectivity index (χ0n) is 8.60. The van der Waals surface area contributed by atoms with E-state index in [-0.39, 0.29) is 5.92 Å². The van der Waals surface area contributed by atoms with Crippen molar-refractivity contribution < 1.29 is 4.74 Å². The van der Waals surface area contributed by atoms with Crippen molar-refractivity contribution in [2.45, 2.75) is 13.8 Å². The Morgan fingerprint density at radius 2 is 1.93 bits per heavy atom. The summed E-state index contributed by atoms with van der Waals surface area (Å²) in [7, 11) is 0. The van der Waals surface area contributed by atoms with Crippen LogP contribution in [0, 0.1) is 11.1 Å². The van der Waals surface area contributed by atoms with Crippen molar-refractivity contribution in [2.75, 3.05) is 0 Å². The maximum absolute atomic E-state index is 11.1. The molecule has 2 heteroatoms. The summed E-state index contributed by atoms with van der Waals surface area (Å²) < 4.78 is 0.678. The molecule has 0 radical (unpaired) electrons. The lowest BCUT2D eigenvalue weighted by atomic mass is 10.1. The molecule has 0 saturated heterocycles. The van der Waals surface area contributed by atoms with Crippen LogP contribution in [0.1, 0.15) is 19.4 Å². The van der Waals surface area contributed by atoms with Crippen molar-refractivity contribution in [3.8, 4) is 0 Å². The molecule has 0 atom stereocenters. The van der Waals surface area contributed by atoms with Gasteiger partial charge in [0.2, 0.25) is 0 Å². The van der Waals surface area contributed by atoms with Gasteiger partial charge in [-0.15, -0.1) is 0 Å². The average Bonchev–Trinajstić information content (AvgIpc) is 2.15. The third kappa shape index (κ3) is 2.73. The second-order valence-corrected chi connectivity index (χ2v) is 3.51. The Hall–Kier alpha value is -1.57. The summed E-state index contributed by atoms with van der Waals surface area (Å²) in [5, 5.41) is 11.1. The van der Waals surface area contributed by atoms with Crippen LogP contribution < -0.4 is 0 Å². The third-order valence-electron chi connectivity index (χ3n) is 1.99. The number of benzene rings is 1. The first-order valence-electron chi connectivity index (χ1n) is 4.65. The van der Waals surface area contributed by atoms with E-state index in [1.54, 1.807) is 0 Å². The van der Waals surface area contributed by atoms with Crippen LogP contribution in [0.5, 0.6) is 0 Å². The molecule has 0 N–H and O–H groups in total. The van der Waals surface area contributed by atoms with Crippen molar-refractivity contribution in [3.05, 3.63) is 46.8 Å². The van der Waals surface area contributed by atoms with Crippen molar-refractivity contribution >= 4 is 12.8 Å². The fourth-order valence-electron chi connectivity index (χ4n) is 1.25. The molecule has 1 aromatic carbocycles. The summed E-state index contributed by atoms with van der Waals surface area (Å²) in [6.45, 7) is 7.32.